The van der Waals surface area contributed by atoms with Gasteiger partial charge in [-0.2, -0.15) is 13.2 Å². The van der Waals surface area contributed by atoms with Gasteiger partial charge >= 0.3 is 6.18 Å². The summed E-state index contributed by atoms with van der Waals surface area (Å²) < 4.78 is 49.4. The van der Waals surface area contributed by atoms with Gasteiger partial charge in [0.1, 0.15) is 5.82 Å². The molecule has 0 heterocycles. The van der Waals surface area contributed by atoms with Crippen LogP contribution in [0.3, 0.4) is 0 Å². The highest BCUT2D eigenvalue weighted by Crippen LogP contribution is 2.37. The predicted molar refractivity (Wildman–Crippen MR) is 42.1 cm³/mol. The zero-order valence-electron chi connectivity index (χ0n) is 6.69. The van der Waals surface area contributed by atoms with E-state index in [1.54, 1.807) is 0 Å². The number of hydrogen-bond acceptors (Lipinski definition) is 1. The number of nitrogen functional groups attached to an aromatic ring is 1. The summed E-state index contributed by atoms with van der Waals surface area (Å²) in [6.07, 6.45) is -4.74. The highest BCUT2D eigenvalue weighted by Gasteiger charge is 2.34. The first-order chi connectivity index (χ1) is 6.36. The van der Waals surface area contributed by atoms with Crippen LogP contribution in [-0.2, 0) is 6.18 Å². The molecule has 0 fully saturated rings. The Morgan fingerprint density at radius 1 is 1.29 bits per heavy atom. The third-order valence-corrected chi connectivity index (χ3v) is 1.55. The molecule has 74 valence electrons. The van der Waals surface area contributed by atoms with Crippen LogP contribution in [-0.4, -0.2) is 0 Å². The fraction of sp³-hybridized carbons (Fsp3) is 0.125. The first-order valence-corrected chi connectivity index (χ1v) is 3.40. The van der Waals surface area contributed by atoms with Crippen molar-refractivity contribution >= 4 is 11.4 Å². The van der Waals surface area contributed by atoms with Crippen molar-refractivity contribution in [2.24, 2.45) is 0 Å². The summed E-state index contributed by atoms with van der Waals surface area (Å²) >= 11 is 0. The van der Waals surface area contributed by atoms with Gasteiger partial charge in [-0.15, -0.1) is 0 Å². The zero-order valence-corrected chi connectivity index (χ0v) is 6.69. The molecule has 1 aromatic rings. The van der Waals surface area contributed by atoms with E-state index in [9.17, 15) is 17.6 Å². The molecule has 0 amide bonds. The van der Waals surface area contributed by atoms with Crippen LogP contribution in [0.4, 0.5) is 28.9 Å². The molecule has 0 atom stereocenters. The maximum Gasteiger partial charge on any atom is 0.417 e. The number of anilines is 1. The van der Waals surface area contributed by atoms with Crippen molar-refractivity contribution in [3.05, 3.63) is 34.9 Å². The quantitative estimate of drug-likeness (QED) is 0.393. The van der Waals surface area contributed by atoms with Crippen molar-refractivity contribution in [2.45, 2.75) is 6.18 Å². The lowest BCUT2D eigenvalue weighted by atomic mass is 10.1. The van der Waals surface area contributed by atoms with Gasteiger partial charge in [0.2, 0.25) is 0 Å². The van der Waals surface area contributed by atoms with Crippen molar-refractivity contribution in [1.29, 1.82) is 0 Å². The molecule has 1 rings (SSSR count). The Morgan fingerprint density at radius 2 is 1.86 bits per heavy atom. The van der Waals surface area contributed by atoms with E-state index in [4.69, 9.17) is 12.3 Å². The lowest BCUT2D eigenvalue weighted by molar-refractivity contribution is -0.137. The summed E-state index contributed by atoms with van der Waals surface area (Å²) in [5.74, 6) is -1.23. The molecule has 0 radical (unpaired) electrons. The summed E-state index contributed by atoms with van der Waals surface area (Å²) in [6.45, 7) is 6.46. The average molecular weight is 204 g/mol. The Kier molecular flexibility index (Phi) is 2.34. The average Bonchev–Trinajstić information content (AvgIpc) is 2.07. The van der Waals surface area contributed by atoms with Crippen molar-refractivity contribution in [2.75, 3.05) is 5.73 Å². The second kappa shape index (κ2) is 3.18. The van der Waals surface area contributed by atoms with E-state index in [1.807, 2.05) is 0 Å². The van der Waals surface area contributed by atoms with E-state index in [0.717, 1.165) is 0 Å². The van der Waals surface area contributed by atoms with Gasteiger partial charge in [0.15, 0.2) is 5.69 Å². The number of hydrogen-bond donors (Lipinski definition) is 1. The molecule has 0 saturated carbocycles. The van der Waals surface area contributed by atoms with Gasteiger partial charge in [-0.25, -0.2) is 9.24 Å². The number of rotatable bonds is 0. The van der Waals surface area contributed by atoms with Gasteiger partial charge in [0.05, 0.1) is 17.8 Å². The minimum Gasteiger partial charge on any atom is -0.396 e. The number of halogens is 4. The standard InChI is InChI=1S/C8H4F4N2/c1-14-4-2-5(8(10,11)12)7(13)6(9)3-4/h2-3H,13H2. The van der Waals surface area contributed by atoms with Gasteiger partial charge < -0.3 is 5.73 Å². The van der Waals surface area contributed by atoms with Crippen LogP contribution < -0.4 is 5.73 Å². The lowest BCUT2D eigenvalue weighted by Crippen LogP contribution is -2.10. The SMILES string of the molecule is [C-]#[N+]c1cc(F)c(N)c(C(F)(F)F)c1. The van der Waals surface area contributed by atoms with Gasteiger partial charge in [0, 0.05) is 0 Å². The summed E-state index contributed by atoms with van der Waals surface area (Å²) in [4.78, 5) is 2.70. The molecular formula is C8H4F4N2. The molecule has 0 spiro atoms. The number of benzene rings is 1. The van der Waals surface area contributed by atoms with Gasteiger partial charge in [-0.3, -0.25) is 0 Å². The Balaban J connectivity index is 3.44. The van der Waals surface area contributed by atoms with E-state index in [1.165, 1.54) is 0 Å². The monoisotopic (exact) mass is 204 g/mol. The number of nitrogens with two attached hydrogens (primary N) is 1. The Bertz CT molecular complexity index is 403. The van der Waals surface area contributed by atoms with Crippen LogP contribution in [0.25, 0.3) is 4.85 Å². The second-order valence-corrected chi connectivity index (χ2v) is 2.50. The molecule has 2 N–H and O–H groups in total. The summed E-state index contributed by atoms with van der Waals surface area (Å²) in [5, 5.41) is 0. The van der Waals surface area contributed by atoms with Crippen molar-refractivity contribution in [3.63, 3.8) is 0 Å². The molecule has 0 aromatic heterocycles. The van der Waals surface area contributed by atoms with E-state index in [0.29, 0.717) is 12.1 Å². The molecule has 6 heteroatoms. The second-order valence-electron chi connectivity index (χ2n) is 2.50. The fourth-order valence-electron chi connectivity index (χ4n) is 0.903. The first kappa shape index (κ1) is 10.3. The Hall–Kier alpha value is -1.77. The minimum atomic E-state index is -4.74. The van der Waals surface area contributed by atoms with E-state index >= 15 is 0 Å². The topological polar surface area (TPSA) is 30.4 Å². The van der Waals surface area contributed by atoms with E-state index < -0.39 is 28.9 Å². The molecule has 1 aromatic carbocycles. The van der Waals surface area contributed by atoms with Crippen molar-refractivity contribution in [1.82, 2.24) is 0 Å². The van der Waals surface area contributed by atoms with Crippen molar-refractivity contribution < 1.29 is 17.6 Å². The normalized spacial score (nSPS) is 11.1. The summed E-state index contributed by atoms with van der Waals surface area (Å²) in [6, 6.07) is 1.18. The lowest BCUT2D eigenvalue weighted by Gasteiger charge is -2.10. The fourth-order valence-corrected chi connectivity index (χ4v) is 0.903. The predicted octanol–water partition coefficient (Wildman–Crippen LogP) is 2.98. The maximum atomic E-state index is 12.8. The van der Waals surface area contributed by atoms with E-state index in [2.05, 4.69) is 4.85 Å². The van der Waals surface area contributed by atoms with Gasteiger partial charge in [-0.05, 0) is 12.1 Å². The van der Waals surface area contributed by atoms with Crippen LogP contribution in [0.2, 0.25) is 0 Å². The first-order valence-electron chi connectivity index (χ1n) is 3.40. The largest absolute Gasteiger partial charge is 0.417 e. The van der Waals surface area contributed by atoms with Gasteiger partial charge in [0.25, 0.3) is 0 Å². The molecule has 0 aliphatic heterocycles. The smallest absolute Gasteiger partial charge is 0.396 e. The van der Waals surface area contributed by atoms with Crippen LogP contribution >= 0.6 is 0 Å². The van der Waals surface area contributed by atoms with Crippen LogP contribution in [0.15, 0.2) is 12.1 Å². The molecular weight excluding hydrogens is 200 g/mol. The molecule has 0 aliphatic rings. The molecule has 0 bridgehead atoms. The third kappa shape index (κ3) is 1.76. The van der Waals surface area contributed by atoms with Crippen molar-refractivity contribution in [3.8, 4) is 0 Å². The zero-order chi connectivity index (χ0) is 10.9. The van der Waals surface area contributed by atoms with Crippen LogP contribution in [0, 0.1) is 12.4 Å². The Labute approximate surface area is 76.8 Å². The maximum absolute atomic E-state index is 12.8. The van der Waals surface area contributed by atoms with Gasteiger partial charge in [-0.1, -0.05) is 0 Å². The highest BCUT2D eigenvalue weighted by atomic mass is 19.4. The molecule has 0 saturated heterocycles. The molecule has 14 heavy (non-hydrogen) atoms. The number of nitrogens with zero attached hydrogens (tertiary/aromatic N) is 1. The molecule has 2 nitrogen and oxygen atoms in total. The van der Waals surface area contributed by atoms with E-state index in [-0.39, 0.29) is 0 Å². The highest BCUT2D eigenvalue weighted by molar-refractivity contribution is 5.59. The molecule has 0 aliphatic carbocycles. The number of alkyl halides is 3. The Morgan fingerprint density at radius 3 is 2.29 bits per heavy atom. The summed E-state index contributed by atoms with van der Waals surface area (Å²) in [7, 11) is 0. The molecule has 0 unspecified atom stereocenters. The minimum absolute atomic E-state index is 0.427. The van der Waals surface area contributed by atoms with Crippen LogP contribution in [0.1, 0.15) is 5.56 Å². The summed E-state index contributed by atoms with van der Waals surface area (Å²) in [5.41, 5.74) is 2.17. The van der Waals surface area contributed by atoms with Crippen LogP contribution in [0.5, 0.6) is 0 Å². The third-order valence-electron chi connectivity index (χ3n) is 1.55.